The Morgan fingerprint density at radius 3 is 2.72 bits per heavy atom. The molecule has 2 heterocycles. The van der Waals surface area contributed by atoms with E-state index < -0.39 is 12.2 Å². The SMILES string of the molecule is Cc1cc(Br)cnc1N1CCCCC1C(F)(F)F. The number of rotatable bonds is 1. The average Bonchev–Trinajstić information content (AvgIpc) is 2.28. The first-order valence-electron chi connectivity index (χ1n) is 5.85. The van der Waals surface area contributed by atoms with Crippen molar-refractivity contribution in [2.45, 2.75) is 38.4 Å². The fraction of sp³-hybridized carbons (Fsp3) is 0.583. The highest BCUT2D eigenvalue weighted by molar-refractivity contribution is 9.10. The number of anilines is 1. The van der Waals surface area contributed by atoms with Crippen molar-refractivity contribution >= 4 is 21.7 Å². The average molecular weight is 323 g/mol. The second-order valence-electron chi connectivity index (χ2n) is 4.54. The fourth-order valence-corrected chi connectivity index (χ4v) is 2.81. The molecule has 1 atom stereocenters. The summed E-state index contributed by atoms with van der Waals surface area (Å²) in [5, 5.41) is 0. The molecule has 1 aromatic rings. The van der Waals surface area contributed by atoms with Gasteiger partial charge in [0.1, 0.15) is 11.9 Å². The molecule has 1 fully saturated rings. The van der Waals surface area contributed by atoms with Gasteiger partial charge in [-0.15, -0.1) is 0 Å². The number of aryl methyl sites for hydroxylation is 1. The summed E-state index contributed by atoms with van der Waals surface area (Å²) in [7, 11) is 0. The van der Waals surface area contributed by atoms with Crippen molar-refractivity contribution in [3.63, 3.8) is 0 Å². The van der Waals surface area contributed by atoms with Crippen LogP contribution in [0, 0.1) is 6.92 Å². The summed E-state index contributed by atoms with van der Waals surface area (Å²) in [6.07, 6.45) is -1.09. The number of alkyl halides is 3. The maximum atomic E-state index is 13.0. The number of hydrogen-bond donors (Lipinski definition) is 0. The maximum Gasteiger partial charge on any atom is 0.408 e. The monoisotopic (exact) mass is 322 g/mol. The van der Waals surface area contributed by atoms with E-state index in [0.717, 1.165) is 16.5 Å². The van der Waals surface area contributed by atoms with Gasteiger partial charge in [-0.3, -0.25) is 0 Å². The van der Waals surface area contributed by atoms with E-state index in [1.54, 1.807) is 19.2 Å². The second kappa shape index (κ2) is 5.07. The van der Waals surface area contributed by atoms with Crippen LogP contribution in [0.2, 0.25) is 0 Å². The highest BCUT2D eigenvalue weighted by Gasteiger charge is 2.45. The molecule has 0 bridgehead atoms. The molecule has 6 heteroatoms. The Kier molecular flexibility index (Phi) is 3.84. The lowest BCUT2D eigenvalue weighted by molar-refractivity contribution is -0.152. The van der Waals surface area contributed by atoms with Crippen LogP contribution in [0.1, 0.15) is 24.8 Å². The summed E-state index contributed by atoms with van der Waals surface area (Å²) in [4.78, 5) is 5.54. The molecule has 0 amide bonds. The molecule has 0 aliphatic carbocycles. The zero-order chi connectivity index (χ0) is 13.3. The molecule has 0 spiro atoms. The van der Waals surface area contributed by atoms with E-state index >= 15 is 0 Å². The fourth-order valence-electron chi connectivity index (χ4n) is 2.36. The summed E-state index contributed by atoms with van der Waals surface area (Å²) in [5.41, 5.74) is 0.764. The van der Waals surface area contributed by atoms with E-state index in [-0.39, 0.29) is 6.42 Å². The zero-order valence-corrected chi connectivity index (χ0v) is 11.6. The van der Waals surface area contributed by atoms with Crippen molar-refractivity contribution in [1.29, 1.82) is 0 Å². The van der Waals surface area contributed by atoms with Crippen LogP contribution in [0.5, 0.6) is 0 Å². The van der Waals surface area contributed by atoms with Crippen molar-refractivity contribution < 1.29 is 13.2 Å². The van der Waals surface area contributed by atoms with Crippen LogP contribution in [-0.4, -0.2) is 23.7 Å². The molecule has 18 heavy (non-hydrogen) atoms. The third kappa shape index (κ3) is 2.79. The van der Waals surface area contributed by atoms with Gasteiger partial charge in [0, 0.05) is 17.2 Å². The van der Waals surface area contributed by atoms with E-state index in [4.69, 9.17) is 0 Å². The topological polar surface area (TPSA) is 16.1 Å². The minimum Gasteiger partial charge on any atom is -0.344 e. The molecular formula is C12H14BrF3N2. The predicted molar refractivity (Wildman–Crippen MR) is 67.7 cm³/mol. The Bertz CT molecular complexity index is 434. The van der Waals surface area contributed by atoms with Gasteiger partial charge in [-0.25, -0.2) is 4.98 Å². The summed E-state index contributed by atoms with van der Waals surface area (Å²) in [5.74, 6) is 0.445. The molecule has 100 valence electrons. The number of hydrogen-bond acceptors (Lipinski definition) is 2. The van der Waals surface area contributed by atoms with Gasteiger partial charge in [-0.2, -0.15) is 13.2 Å². The normalized spacial score (nSPS) is 21.2. The number of pyridine rings is 1. The maximum absolute atomic E-state index is 13.0. The Hall–Kier alpha value is -0.780. The lowest BCUT2D eigenvalue weighted by atomic mass is 10.0. The quantitative estimate of drug-likeness (QED) is 0.774. The van der Waals surface area contributed by atoms with Crippen LogP contribution in [0.4, 0.5) is 19.0 Å². The number of nitrogens with zero attached hydrogens (tertiary/aromatic N) is 2. The second-order valence-corrected chi connectivity index (χ2v) is 5.46. The van der Waals surface area contributed by atoms with Crippen LogP contribution in [0.25, 0.3) is 0 Å². The van der Waals surface area contributed by atoms with Gasteiger partial charge in [0.2, 0.25) is 0 Å². The summed E-state index contributed by atoms with van der Waals surface area (Å²) < 4.78 is 39.8. The van der Waals surface area contributed by atoms with Crippen molar-refractivity contribution in [2.24, 2.45) is 0 Å². The van der Waals surface area contributed by atoms with Gasteiger partial charge in [0.15, 0.2) is 0 Å². The molecule has 0 radical (unpaired) electrons. The largest absolute Gasteiger partial charge is 0.408 e. The standard InChI is InChI=1S/C12H14BrF3N2/c1-8-6-9(13)7-17-11(8)18-5-3-2-4-10(18)12(14,15)16/h6-7,10H,2-5H2,1H3. The number of aromatic nitrogens is 1. The van der Waals surface area contributed by atoms with Gasteiger partial charge < -0.3 is 4.90 Å². The Labute approximate surface area is 112 Å². The van der Waals surface area contributed by atoms with Crippen molar-refractivity contribution in [3.05, 3.63) is 22.3 Å². The molecule has 0 saturated carbocycles. The predicted octanol–water partition coefficient (Wildman–Crippen LogP) is 4.07. The zero-order valence-electron chi connectivity index (χ0n) is 9.97. The van der Waals surface area contributed by atoms with Crippen molar-refractivity contribution in [2.75, 3.05) is 11.4 Å². The molecule has 0 aromatic carbocycles. The minimum absolute atomic E-state index is 0.153. The molecule has 0 N–H and O–H groups in total. The van der Waals surface area contributed by atoms with Gasteiger partial charge in [-0.1, -0.05) is 0 Å². The molecule has 2 rings (SSSR count). The van der Waals surface area contributed by atoms with E-state index in [2.05, 4.69) is 20.9 Å². The number of halogens is 4. The van der Waals surface area contributed by atoms with Gasteiger partial charge in [0.25, 0.3) is 0 Å². The molecular weight excluding hydrogens is 309 g/mol. The van der Waals surface area contributed by atoms with Crippen molar-refractivity contribution in [3.8, 4) is 0 Å². The Balaban J connectivity index is 2.34. The lowest BCUT2D eigenvalue weighted by Gasteiger charge is -2.38. The van der Waals surface area contributed by atoms with Crippen LogP contribution in [0.15, 0.2) is 16.7 Å². The van der Waals surface area contributed by atoms with Crippen LogP contribution in [-0.2, 0) is 0 Å². The van der Waals surface area contributed by atoms with E-state index in [1.165, 1.54) is 4.90 Å². The molecule has 1 aliphatic rings. The first-order chi connectivity index (χ1) is 8.39. The smallest absolute Gasteiger partial charge is 0.344 e. The highest BCUT2D eigenvalue weighted by Crippen LogP contribution is 2.35. The van der Waals surface area contributed by atoms with E-state index in [9.17, 15) is 13.2 Å². The highest BCUT2D eigenvalue weighted by atomic mass is 79.9. The summed E-state index contributed by atoms with van der Waals surface area (Å²) in [6, 6.07) is 0.392. The van der Waals surface area contributed by atoms with Crippen molar-refractivity contribution in [1.82, 2.24) is 4.98 Å². The lowest BCUT2D eigenvalue weighted by Crippen LogP contribution is -2.49. The molecule has 1 unspecified atom stereocenters. The first kappa shape index (κ1) is 13.6. The number of piperidine rings is 1. The summed E-state index contributed by atoms with van der Waals surface area (Å²) in [6.45, 7) is 2.20. The minimum atomic E-state index is -4.19. The molecule has 2 nitrogen and oxygen atoms in total. The Morgan fingerprint density at radius 2 is 2.11 bits per heavy atom. The van der Waals surface area contributed by atoms with Crippen LogP contribution in [0.3, 0.4) is 0 Å². The van der Waals surface area contributed by atoms with Crippen LogP contribution < -0.4 is 4.90 Å². The molecule has 1 saturated heterocycles. The first-order valence-corrected chi connectivity index (χ1v) is 6.64. The molecule has 1 aromatic heterocycles. The van der Waals surface area contributed by atoms with Gasteiger partial charge in [0.05, 0.1) is 0 Å². The van der Waals surface area contributed by atoms with Gasteiger partial charge >= 0.3 is 6.18 Å². The van der Waals surface area contributed by atoms with Gasteiger partial charge in [-0.05, 0) is 53.7 Å². The molecule has 1 aliphatic heterocycles. The third-order valence-corrected chi connectivity index (χ3v) is 3.60. The summed E-state index contributed by atoms with van der Waals surface area (Å²) >= 11 is 3.27. The van der Waals surface area contributed by atoms with Crippen LogP contribution >= 0.6 is 15.9 Å². The Morgan fingerprint density at radius 1 is 1.39 bits per heavy atom. The van der Waals surface area contributed by atoms with E-state index in [1.807, 2.05) is 0 Å². The van der Waals surface area contributed by atoms with E-state index in [0.29, 0.717) is 18.8 Å². The third-order valence-electron chi connectivity index (χ3n) is 3.17.